The van der Waals surface area contributed by atoms with Crippen molar-refractivity contribution in [2.75, 3.05) is 0 Å². The molecule has 1 aliphatic heterocycles. The fourth-order valence-electron chi connectivity index (χ4n) is 2.13. The van der Waals surface area contributed by atoms with E-state index in [1.165, 1.54) is 0 Å². The van der Waals surface area contributed by atoms with Crippen molar-refractivity contribution in [2.45, 2.75) is 20.0 Å². The van der Waals surface area contributed by atoms with Crippen molar-refractivity contribution in [1.82, 2.24) is 10.4 Å². The van der Waals surface area contributed by atoms with Gasteiger partial charge in [0, 0.05) is 22.7 Å². The summed E-state index contributed by atoms with van der Waals surface area (Å²) in [6.45, 7) is 3.79. The van der Waals surface area contributed by atoms with Gasteiger partial charge in [-0.15, -0.1) is 5.10 Å². The Morgan fingerprint density at radius 1 is 1.30 bits per heavy atom. The first-order valence-corrected chi connectivity index (χ1v) is 6.48. The second-order valence-corrected chi connectivity index (χ2v) is 4.87. The highest BCUT2D eigenvalue weighted by Gasteiger charge is 2.25. The van der Waals surface area contributed by atoms with Crippen LogP contribution >= 0.6 is 0 Å². The number of carbonyl (C=O) groups is 1. The van der Waals surface area contributed by atoms with Gasteiger partial charge < -0.3 is 9.72 Å². The van der Waals surface area contributed by atoms with Crippen molar-refractivity contribution in [3.05, 3.63) is 41.6 Å². The fourth-order valence-corrected chi connectivity index (χ4v) is 2.13. The number of para-hydroxylation sites is 1. The molecule has 5 nitrogen and oxygen atoms in total. The summed E-state index contributed by atoms with van der Waals surface area (Å²) < 4.78 is 5.54. The van der Waals surface area contributed by atoms with Gasteiger partial charge in [-0.25, -0.2) is 5.43 Å². The molecular formula is C15H15N3O2. The summed E-state index contributed by atoms with van der Waals surface area (Å²) in [5.41, 5.74) is 4.85. The summed E-state index contributed by atoms with van der Waals surface area (Å²) in [5.74, 6) is 0.0983. The molecule has 2 aromatic rings. The SMILES string of the molecule is CC(C)OC1=NNC(=O)/C1=C\c1c[nH]c2ccccc12. The number of nitrogens with zero attached hydrogens (tertiary/aromatic N) is 1. The number of ether oxygens (including phenoxy) is 1. The highest BCUT2D eigenvalue weighted by atomic mass is 16.5. The van der Waals surface area contributed by atoms with E-state index in [4.69, 9.17) is 4.74 Å². The van der Waals surface area contributed by atoms with Crippen LogP contribution in [0, 0.1) is 0 Å². The molecule has 2 heterocycles. The van der Waals surface area contributed by atoms with Crippen molar-refractivity contribution < 1.29 is 9.53 Å². The Kier molecular flexibility index (Phi) is 3.02. The standard InChI is InChI=1S/C15H15N3O2/c1-9(2)20-15-12(14(19)17-18-15)7-10-8-16-13-6-4-3-5-11(10)13/h3-9,16H,1-2H3,(H,17,19)/b12-7+. The van der Waals surface area contributed by atoms with E-state index in [0.717, 1.165) is 16.5 Å². The van der Waals surface area contributed by atoms with Crippen LogP contribution in [-0.4, -0.2) is 22.9 Å². The Hall–Kier alpha value is -2.56. The molecule has 20 heavy (non-hydrogen) atoms. The van der Waals surface area contributed by atoms with Crippen LogP contribution in [0.25, 0.3) is 17.0 Å². The molecule has 0 saturated carbocycles. The largest absolute Gasteiger partial charge is 0.473 e. The van der Waals surface area contributed by atoms with E-state index in [9.17, 15) is 4.79 Å². The van der Waals surface area contributed by atoms with Crippen molar-refractivity contribution in [3.8, 4) is 0 Å². The molecule has 1 amide bonds. The van der Waals surface area contributed by atoms with Crippen molar-refractivity contribution in [3.63, 3.8) is 0 Å². The quantitative estimate of drug-likeness (QED) is 0.822. The smallest absolute Gasteiger partial charge is 0.277 e. The Balaban J connectivity index is 2.02. The number of hydrogen-bond acceptors (Lipinski definition) is 3. The normalized spacial score (nSPS) is 16.9. The monoisotopic (exact) mass is 269 g/mol. The van der Waals surface area contributed by atoms with E-state index in [1.807, 2.05) is 44.3 Å². The number of hydrazone groups is 1. The number of H-pyrrole nitrogens is 1. The number of aromatic amines is 1. The molecule has 1 aromatic carbocycles. The maximum atomic E-state index is 11.8. The second-order valence-electron chi connectivity index (χ2n) is 4.87. The number of nitrogens with one attached hydrogen (secondary N) is 2. The van der Waals surface area contributed by atoms with E-state index in [0.29, 0.717) is 11.5 Å². The Morgan fingerprint density at radius 2 is 2.10 bits per heavy atom. The zero-order valence-electron chi connectivity index (χ0n) is 11.3. The minimum absolute atomic E-state index is 0.0344. The van der Waals surface area contributed by atoms with Gasteiger partial charge in [0.05, 0.1) is 6.10 Å². The lowest BCUT2D eigenvalue weighted by molar-refractivity contribution is -0.116. The van der Waals surface area contributed by atoms with Gasteiger partial charge in [-0.1, -0.05) is 18.2 Å². The molecule has 1 aromatic heterocycles. The van der Waals surface area contributed by atoms with Crippen LogP contribution in [0.3, 0.4) is 0 Å². The van der Waals surface area contributed by atoms with Gasteiger partial charge in [-0.3, -0.25) is 4.79 Å². The van der Waals surface area contributed by atoms with E-state index >= 15 is 0 Å². The number of aromatic nitrogens is 1. The van der Waals surface area contributed by atoms with Gasteiger partial charge in [-0.05, 0) is 26.0 Å². The first-order chi connectivity index (χ1) is 9.65. The summed E-state index contributed by atoms with van der Waals surface area (Å²) in [4.78, 5) is 15.0. The predicted octanol–water partition coefficient (Wildman–Crippen LogP) is 2.42. The lowest BCUT2D eigenvalue weighted by Gasteiger charge is -2.08. The van der Waals surface area contributed by atoms with Crippen molar-refractivity contribution in [1.29, 1.82) is 0 Å². The number of rotatable bonds is 2. The van der Waals surface area contributed by atoms with Crippen LogP contribution in [-0.2, 0) is 9.53 Å². The summed E-state index contributed by atoms with van der Waals surface area (Å²) in [5, 5.41) is 4.97. The van der Waals surface area contributed by atoms with Gasteiger partial charge in [0.1, 0.15) is 5.57 Å². The molecule has 0 aliphatic carbocycles. The number of amides is 1. The molecule has 0 radical (unpaired) electrons. The molecule has 0 saturated heterocycles. The third-order valence-electron chi connectivity index (χ3n) is 3.00. The molecule has 102 valence electrons. The zero-order chi connectivity index (χ0) is 14.1. The predicted molar refractivity (Wildman–Crippen MR) is 78.1 cm³/mol. The molecule has 3 rings (SSSR count). The maximum Gasteiger partial charge on any atom is 0.277 e. The Labute approximate surface area is 116 Å². The van der Waals surface area contributed by atoms with Crippen LogP contribution in [0.1, 0.15) is 19.4 Å². The highest BCUT2D eigenvalue weighted by Crippen LogP contribution is 2.22. The lowest BCUT2D eigenvalue weighted by Crippen LogP contribution is -2.16. The lowest BCUT2D eigenvalue weighted by atomic mass is 10.1. The molecule has 0 unspecified atom stereocenters. The van der Waals surface area contributed by atoms with E-state index < -0.39 is 0 Å². The minimum atomic E-state index is -0.245. The molecule has 5 heteroatoms. The number of hydrogen-bond donors (Lipinski definition) is 2. The summed E-state index contributed by atoms with van der Waals surface area (Å²) in [6, 6.07) is 7.93. The third-order valence-corrected chi connectivity index (χ3v) is 3.00. The summed E-state index contributed by atoms with van der Waals surface area (Å²) in [6.07, 6.45) is 3.63. The average molecular weight is 269 g/mol. The first kappa shape index (κ1) is 12.5. The van der Waals surface area contributed by atoms with Gasteiger partial charge in [0.15, 0.2) is 0 Å². The van der Waals surface area contributed by atoms with Crippen LogP contribution < -0.4 is 5.43 Å². The molecule has 2 N–H and O–H groups in total. The van der Waals surface area contributed by atoms with Crippen LogP contribution in [0.4, 0.5) is 0 Å². The van der Waals surface area contributed by atoms with Gasteiger partial charge >= 0.3 is 0 Å². The minimum Gasteiger partial charge on any atom is -0.473 e. The van der Waals surface area contributed by atoms with E-state index in [-0.39, 0.29) is 12.0 Å². The highest BCUT2D eigenvalue weighted by molar-refractivity contribution is 6.25. The number of fused-ring (bicyclic) bond motifs is 1. The van der Waals surface area contributed by atoms with Crippen molar-refractivity contribution in [2.24, 2.45) is 5.10 Å². The molecular weight excluding hydrogens is 254 g/mol. The van der Waals surface area contributed by atoms with Crippen LogP contribution in [0.2, 0.25) is 0 Å². The van der Waals surface area contributed by atoms with E-state index in [1.54, 1.807) is 6.08 Å². The van der Waals surface area contributed by atoms with Crippen molar-refractivity contribution >= 4 is 28.8 Å². The summed E-state index contributed by atoms with van der Waals surface area (Å²) in [7, 11) is 0. The number of carbonyl (C=O) groups excluding carboxylic acids is 1. The molecule has 1 aliphatic rings. The zero-order valence-corrected chi connectivity index (χ0v) is 11.3. The molecule has 0 bridgehead atoms. The van der Waals surface area contributed by atoms with Gasteiger partial charge in [-0.2, -0.15) is 0 Å². The summed E-state index contributed by atoms with van der Waals surface area (Å²) >= 11 is 0. The third kappa shape index (κ3) is 2.18. The molecule has 0 spiro atoms. The Morgan fingerprint density at radius 3 is 2.90 bits per heavy atom. The topological polar surface area (TPSA) is 66.5 Å². The molecule has 0 fully saturated rings. The van der Waals surface area contributed by atoms with Crippen LogP contribution in [0.15, 0.2) is 41.1 Å². The molecule has 0 atom stereocenters. The number of benzene rings is 1. The maximum absolute atomic E-state index is 11.8. The first-order valence-electron chi connectivity index (χ1n) is 6.48. The fraction of sp³-hybridized carbons (Fsp3) is 0.200. The van der Waals surface area contributed by atoms with E-state index in [2.05, 4.69) is 15.5 Å². The average Bonchev–Trinajstić information content (AvgIpc) is 2.97. The Bertz CT molecular complexity index is 726. The van der Waals surface area contributed by atoms with Crippen LogP contribution in [0.5, 0.6) is 0 Å². The van der Waals surface area contributed by atoms with Gasteiger partial charge in [0.2, 0.25) is 5.90 Å². The second kappa shape index (κ2) is 4.85. The van der Waals surface area contributed by atoms with Gasteiger partial charge in [0.25, 0.3) is 5.91 Å².